The van der Waals surface area contributed by atoms with E-state index in [0.29, 0.717) is 31.9 Å². The number of aromatic nitrogens is 3. The van der Waals surface area contributed by atoms with Crippen molar-refractivity contribution in [2.24, 2.45) is 0 Å². The van der Waals surface area contributed by atoms with Gasteiger partial charge in [-0.05, 0) is 44.8 Å². The maximum atomic E-state index is 12.4. The van der Waals surface area contributed by atoms with Gasteiger partial charge >= 0.3 is 0 Å². The first-order chi connectivity index (χ1) is 13.4. The van der Waals surface area contributed by atoms with Crippen LogP contribution in [0.5, 0.6) is 0 Å². The molecule has 0 radical (unpaired) electrons. The molecule has 2 fully saturated rings. The largest absolute Gasteiger partial charge is 0.280 e. The second-order valence-corrected chi connectivity index (χ2v) is 9.41. The fourth-order valence-corrected chi connectivity index (χ4v) is 5.46. The lowest BCUT2D eigenvalue weighted by atomic mass is 9.71. The highest BCUT2D eigenvalue weighted by molar-refractivity contribution is 7.87. The van der Waals surface area contributed by atoms with E-state index < -0.39 is 10.2 Å². The Bertz CT molecular complexity index is 846. The summed E-state index contributed by atoms with van der Waals surface area (Å²) in [5.74, 6) is 1.54. The van der Waals surface area contributed by atoms with E-state index in [-0.39, 0.29) is 5.41 Å². The quantitative estimate of drug-likeness (QED) is 0.640. The molecular formula is C20H31N5O2S. The molecule has 1 saturated carbocycles. The van der Waals surface area contributed by atoms with E-state index in [2.05, 4.69) is 28.1 Å². The standard InChI is InChI=1S/C20H31N5O2S/c1-4-10-17(3)25-18(5-2)22-23-19(25)20(11-7-6-8-12-20)13-14-21-28(26,27)24-15-9-16-24/h4-5,10,21H,2-3,6-9,11-16H2,1H3/b10-4-. The Hall–Kier alpha value is -1.77. The fraction of sp³-hybridized carbons (Fsp3) is 0.600. The smallest absolute Gasteiger partial charge is 0.279 e. The summed E-state index contributed by atoms with van der Waals surface area (Å²) in [5, 5.41) is 8.84. The number of hydrogen-bond donors (Lipinski definition) is 1. The molecule has 0 amide bonds. The molecule has 1 N–H and O–H groups in total. The summed E-state index contributed by atoms with van der Waals surface area (Å²) in [7, 11) is -3.37. The summed E-state index contributed by atoms with van der Waals surface area (Å²) in [5.41, 5.74) is 0.581. The van der Waals surface area contributed by atoms with Crippen LogP contribution in [0.25, 0.3) is 11.8 Å². The Balaban J connectivity index is 1.86. The molecule has 0 unspecified atom stereocenters. The molecule has 1 aromatic heterocycles. The fourth-order valence-electron chi connectivity index (χ4n) is 4.17. The van der Waals surface area contributed by atoms with E-state index in [1.807, 2.05) is 23.6 Å². The van der Waals surface area contributed by atoms with Gasteiger partial charge in [0.15, 0.2) is 5.82 Å². The number of nitrogens with one attached hydrogen (secondary N) is 1. The SMILES string of the molecule is C=Cc1nnc(C2(CCNS(=O)(=O)N3CCC3)CCCCC2)n1C(=C)/C=C\C. The summed E-state index contributed by atoms with van der Waals surface area (Å²) in [6.07, 6.45) is 12.5. The Morgan fingerprint density at radius 1 is 1.21 bits per heavy atom. The van der Waals surface area contributed by atoms with E-state index >= 15 is 0 Å². The molecule has 0 spiro atoms. The Morgan fingerprint density at radius 2 is 1.93 bits per heavy atom. The summed E-state index contributed by atoms with van der Waals surface area (Å²) >= 11 is 0. The monoisotopic (exact) mass is 405 g/mol. The van der Waals surface area contributed by atoms with Crippen molar-refractivity contribution in [2.75, 3.05) is 19.6 Å². The Labute approximate surface area is 168 Å². The lowest BCUT2D eigenvalue weighted by Gasteiger charge is -2.37. The molecule has 154 valence electrons. The van der Waals surface area contributed by atoms with Gasteiger partial charge in [0, 0.05) is 30.7 Å². The van der Waals surface area contributed by atoms with Crippen molar-refractivity contribution in [2.45, 2.75) is 57.3 Å². The predicted octanol–water partition coefficient (Wildman–Crippen LogP) is 3.10. The van der Waals surface area contributed by atoms with Crippen LogP contribution in [-0.4, -0.2) is 47.1 Å². The van der Waals surface area contributed by atoms with Crippen LogP contribution in [0.3, 0.4) is 0 Å². The lowest BCUT2D eigenvalue weighted by molar-refractivity contribution is 0.255. The van der Waals surface area contributed by atoms with Crippen molar-refractivity contribution >= 4 is 22.0 Å². The molecule has 0 bridgehead atoms. The Morgan fingerprint density at radius 3 is 2.50 bits per heavy atom. The van der Waals surface area contributed by atoms with Gasteiger partial charge < -0.3 is 0 Å². The maximum Gasteiger partial charge on any atom is 0.279 e. The van der Waals surface area contributed by atoms with Crippen LogP contribution < -0.4 is 4.72 Å². The molecule has 8 heteroatoms. The average Bonchev–Trinajstić information content (AvgIpc) is 3.05. The van der Waals surface area contributed by atoms with Crippen molar-refractivity contribution in [3.05, 3.63) is 37.0 Å². The van der Waals surface area contributed by atoms with Gasteiger partial charge in [-0.2, -0.15) is 12.7 Å². The van der Waals surface area contributed by atoms with Gasteiger partial charge in [0.2, 0.25) is 0 Å². The van der Waals surface area contributed by atoms with Crippen molar-refractivity contribution in [1.82, 2.24) is 23.8 Å². The normalized spacial score (nSPS) is 20.2. The summed E-state index contributed by atoms with van der Waals surface area (Å²) < 4.78 is 31.0. The van der Waals surface area contributed by atoms with Crippen molar-refractivity contribution in [1.29, 1.82) is 0 Å². The van der Waals surface area contributed by atoms with Crippen LogP contribution in [-0.2, 0) is 15.6 Å². The highest BCUT2D eigenvalue weighted by atomic mass is 32.2. The molecule has 28 heavy (non-hydrogen) atoms. The molecule has 1 saturated heterocycles. The molecule has 7 nitrogen and oxygen atoms in total. The lowest BCUT2D eigenvalue weighted by Crippen LogP contribution is -2.49. The summed E-state index contributed by atoms with van der Waals surface area (Å²) in [4.78, 5) is 0. The van der Waals surface area contributed by atoms with Crippen LogP contribution in [0.1, 0.15) is 63.5 Å². The van der Waals surface area contributed by atoms with Crippen LogP contribution >= 0.6 is 0 Å². The van der Waals surface area contributed by atoms with Crippen molar-refractivity contribution < 1.29 is 8.42 Å². The van der Waals surface area contributed by atoms with Gasteiger partial charge in [-0.1, -0.05) is 38.5 Å². The highest BCUT2D eigenvalue weighted by Crippen LogP contribution is 2.42. The molecular weight excluding hydrogens is 374 g/mol. The van der Waals surface area contributed by atoms with Gasteiger partial charge in [0.05, 0.1) is 0 Å². The first-order valence-electron chi connectivity index (χ1n) is 10.1. The van der Waals surface area contributed by atoms with Gasteiger partial charge in [-0.25, -0.2) is 4.72 Å². The van der Waals surface area contributed by atoms with Gasteiger partial charge in [-0.3, -0.25) is 4.57 Å². The third kappa shape index (κ3) is 4.14. The van der Waals surface area contributed by atoms with Crippen molar-refractivity contribution in [3.63, 3.8) is 0 Å². The molecule has 1 aromatic rings. The second kappa shape index (κ2) is 8.71. The zero-order chi connectivity index (χ0) is 20.2. The molecule has 2 aliphatic rings. The van der Waals surface area contributed by atoms with Crippen LogP contribution in [0.2, 0.25) is 0 Å². The topological polar surface area (TPSA) is 80.1 Å². The first-order valence-corrected chi connectivity index (χ1v) is 11.5. The molecule has 1 aliphatic heterocycles. The molecule has 1 aliphatic carbocycles. The van der Waals surface area contributed by atoms with Gasteiger partial charge in [-0.15, -0.1) is 10.2 Å². The Kier molecular flexibility index (Phi) is 6.52. The molecule has 2 heterocycles. The molecule has 3 rings (SSSR count). The zero-order valence-electron chi connectivity index (χ0n) is 16.7. The summed E-state index contributed by atoms with van der Waals surface area (Å²) in [6.45, 7) is 11.6. The van der Waals surface area contributed by atoms with E-state index in [1.165, 1.54) is 10.7 Å². The molecule has 0 atom stereocenters. The van der Waals surface area contributed by atoms with Crippen LogP contribution in [0.15, 0.2) is 25.3 Å². The third-order valence-corrected chi connectivity index (χ3v) is 7.46. The van der Waals surface area contributed by atoms with E-state index in [0.717, 1.165) is 43.6 Å². The number of hydrogen-bond acceptors (Lipinski definition) is 4. The molecule has 0 aromatic carbocycles. The number of nitrogens with zero attached hydrogens (tertiary/aromatic N) is 4. The highest BCUT2D eigenvalue weighted by Gasteiger charge is 2.39. The van der Waals surface area contributed by atoms with Gasteiger partial charge in [0.1, 0.15) is 5.82 Å². The second-order valence-electron chi connectivity index (χ2n) is 7.66. The number of allylic oxidation sites excluding steroid dienone is 3. The van der Waals surface area contributed by atoms with E-state index in [1.54, 1.807) is 6.08 Å². The van der Waals surface area contributed by atoms with Crippen LogP contribution in [0, 0.1) is 0 Å². The average molecular weight is 406 g/mol. The first kappa shape index (κ1) is 21.0. The minimum Gasteiger partial charge on any atom is -0.280 e. The van der Waals surface area contributed by atoms with E-state index in [9.17, 15) is 8.42 Å². The number of rotatable bonds is 9. The van der Waals surface area contributed by atoms with Gasteiger partial charge in [0.25, 0.3) is 10.2 Å². The van der Waals surface area contributed by atoms with Crippen LogP contribution in [0.4, 0.5) is 0 Å². The zero-order valence-corrected chi connectivity index (χ0v) is 17.5. The minimum atomic E-state index is -3.37. The third-order valence-electron chi connectivity index (χ3n) is 5.84. The maximum absolute atomic E-state index is 12.4. The van der Waals surface area contributed by atoms with E-state index in [4.69, 9.17) is 0 Å². The predicted molar refractivity (Wildman–Crippen MR) is 113 cm³/mol. The summed E-state index contributed by atoms with van der Waals surface area (Å²) in [6, 6.07) is 0. The van der Waals surface area contributed by atoms with Crippen molar-refractivity contribution in [3.8, 4) is 0 Å². The minimum absolute atomic E-state index is 0.214.